The first kappa shape index (κ1) is 17.3. The highest BCUT2D eigenvalue weighted by Gasteiger charge is 2.15. The van der Waals surface area contributed by atoms with E-state index in [0.717, 1.165) is 17.5 Å². The molecule has 0 aliphatic carbocycles. The largest absolute Gasteiger partial charge is 0.353 e. The number of hydrogen-bond donors (Lipinski definition) is 1. The fourth-order valence-corrected chi connectivity index (χ4v) is 2.63. The van der Waals surface area contributed by atoms with Gasteiger partial charge in [0.15, 0.2) is 0 Å². The third kappa shape index (κ3) is 3.84. The molecule has 0 spiro atoms. The third-order valence-electron chi connectivity index (χ3n) is 4.32. The number of imidazole rings is 1. The summed E-state index contributed by atoms with van der Waals surface area (Å²) in [6.45, 7) is 9.32. The zero-order valence-electron chi connectivity index (χ0n) is 14.5. The zero-order valence-corrected chi connectivity index (χ0v) is 14.5. The lowest BCUT2D eigenvalue weighted by Gasteiger charge is -2.17. The van der Waals surface area contributed by atoms with Crippen LogP contribution >= 0.6 is 0 Å². The van der Waals surface area contributed by atoms with Gasteiger partial charge >= 0.3 is 5.69 Å². The number of rotatable bonds is 7. The summed E-state index contributed by atoms with van der Waals surface area (Å²) in [6.07, 6.45) is 1.22. The van der Waals surface area contributed by atoms with Crippen molar-refractivity contribution in [3.63, 3.8) is 0 Å². The van der Waals surface area contributed by atoms with Gasteiger partial charge in [-0.05, 0) is 31.4 Å². The molecule has 1 unspecified atom stereocenters. The van der Waals surface area contributed by atoms with Gasteiger partial charge in [0.2, 0.25) is 5.91 Å². The molecule has 1 aromatic carbocycles. The van der Waals surface area contributed by atoms with Gasteiger partial charge in [0.25, 0.3) is 0 Å². The van der Waals surface area contributed by atoms with Crippen molar-refractivity contribution in [1.29, 1.82) is 0 Å². The Balaban J connectivity index is 2.19. The number of aryl methyl sites for hydroxylation is 2. The van der Waals surface area contributed by atoms with Gasteiger partial charge in [0, 0.05) is 25.6 Å². The summed E-state index contributed by atoms with van der Waals surface area (Å²) in [6, 6.07) is 7.91. The monoisotopic (exact) mass is 317 g/mol. The van der Waals surface area contributed by atoms with Gasteiger partial charge < -0.3 is 5.32 Å². The maximum atomic E-state index is 12.6. The molecule has 2 aromatic rings. The number of amides is 1. The molecule has 0 fully saturated rings. The highest BCUT2D eigenvalue weighted by atomic mass is 16.2. The molecule has 0 aliphatic rings. The quantitative estimate of drug-likeness (QED) is 0.853. The molecule has 0 radical (unpaired) electrons. The summed E-state index contributed by atoms with van der Waals surface area (Å²) in [5.74, 6) is 0.388. The van der Waals surface area contributed by atoms with Crippen molar-refractivity contribution in [2.75, 3.05) is 0 Å². The van der Waals surface area contributed by atoms with E-state index in [2.05, 4.69) is 26.1 Å². The van der Waals surface area contributed by atoms with Crippen LogP contribution in [0.4, 0.5) is 0 Å². The van der Waals surface area contributed by atoms with Crippen molar-refractivity contribution in [2.24, 2.45) is 5.92 Å². The topological polar surface area (TPSA) is 56.0 Å². The van der Waals surface area contributed by atoms with E-state index in [9.17, 15) is 9.59 Å². The van der Waals surface area contributed by atoms with Gasteiger partial charge in [-0.1, -0.05) is 32.9 Å². The second-order valence-electron chi connectivity index (χ2n) is 6.42. The number of carbonyl (C=O) groups is 1. The van der Waals surface area contributed by atoms with Gasteiger partial charge in [0.05, 0.1) is 11.0 Å². The van der Waals surface area contributed by atoms with E-state index >= 15 is 0 Å². The van der Waals surface area contributed by atoms with Gasteiger partial charge in [-0.15, -0.1) is 0 Å². The van der Waals surface area contributed by atoms with Crippen molar-refractivity contribution in [3.8, 4) is 0 Å². The van der Waals surface area contributed by atoms with Gasteiger partial charge in [-0.2, -0.15) is 0 Å². The molecule has 126 valence electrons. The van der Waals surface area contributed by atoms with Crippen molar-refractivity contribution >= 4 is 16.9 Å². The summed E-state index contributed by atoms with van der Waals surface area (Å²) >= 11 is 0. The minimum Gasteiger partial charge on any atom is -0.353 e. The fourth-order valence-electron chi connectivity index (χ4n) is 2.63. The third-order valence-corrected chi connectivity index (χ3v) is 4.32. The Morgan fingerprint density at radius 1 is 1.09 bits per heavy atom. The average Bonchev–Trinajstić information content (AvgIpc) is 2.78. The molecule has 0 saturated heterocycles. The molecular formula is C18H27N3O2. The summed E-state index contributed by atoms with van der Waals surface area (Å²) in [5.41, 5.74) is 1.81. The molecule has 5 heteroatoms. The number of aromatic nitrogens is 2. The van der Waals surface area contributed by atoms with Crippen molar-refractivity contribution in [3.05, 3.63) is 34.7 Å². The molecule has 1 atom stereocenters. The summed E-state index contributed by atoms with van der Waals surface area (Å²) in [4.78, 5) is 24.7. The molecular weight excluding hydrogens is 290 g/mol. The molecule has 1 N–H and O–H groups in total. The number of para-hydroxylation sites is 2. The zero-order chi connectivity index (χ0) is 17.0. The van der Waals surface area contributed by atoms with E-state index < -0.39 is 0 Å². The average molecular weight is 317 g/mol. The predicted octanol–water partition coefficient (Wildman–Crippen LogP) is 2.76. The lowest BCUT2D eigenvalue weighted by molar-refractivity contribution is -0.122. The van der Waals surface area contributed by atoms with E-state index in [4.69, 9.17) is 0 Å². The van der Waals surface area contributed by atoms with Crippen LogP contribution in [0, 0.1) is 5.92 Å². The summed E-state index contributed by atoms with van der Waals surface area (Å²) < 4.78 is 3.51. The molecule has 1 heterocycles. The maximum absolute atomic E-state index is 12.6. The lowest BCUT2D eigenvalue weighted by Crippen LogP contribution is -2.37. The van der Waals surface area contributed by atoms with Crippen molar-refractivity contribution < 1.29 is 4.79 Å². The SMILES string of the molecule is CCCn1c(=O)n(CCC(=O)NC(C)C(C)C)c2ccccc21. The molecule has 0 aliphatic heterocycles. The minimum atomic E-state index is -0.0299. The second-order valence-corrected chi connectivity index (χ2v) is 6.42. The predicted molar refractivity (Wildman–Crippen MR) is 93.5 cm³/mol. The normalized spacial score (nSPS) is 12.7. The molecule has 1 aromatic heterocycles. The first-order valence-electron chi connectivity index (χ1n) is 8.43. The van der Waals surface area contributed by atoms with Crippen LogP contribution in [0.2, 0.25) is 0 Å². The molecule has 5 nitrogen and oxygen atoms in total. The highest BCUT2D eigenvalue weighted by molar-refractivity contribution is 5.78. The molecule has 0 saturated carbocycles. The van der Waals surface area contributed by atoms with Crippen LogP contribution in [0.5, 0.6) is 0 Å². The number of nitrogens with zero attached hydrogens (tertiary/aromatic N) is 2. The molecule has 2 rings (SSSR count). The van der Waals surface area contributed by atoms with E-state index in [-0.39, 0.29) is 17.6 Å². The van der Waals surface area contributed by atoms with Gasteiger partial charge in [-0.25, -0.2) is 4.79 Å². The number of hydrogen-bond acceptors (Lipinski definition) is 2. The van der Waals surface area contributed by atoms with Crippen molar-refractivity contribution in [2.45, 2.75) is 59.7 Å². The summed E-state index contributed by atoms with van der Waals surface area (Å²) in [5, 5.41) is 2.99. The molecule has 1 amide bonds. The number of benzene rings is 1. The number of fused-ring (bicyclic) bond motifs is 1. The molecule has 23 heavy (non-hydrogen) atoms. The first-order chi connectivity index (χ1) is 11.0. The van der Waals surface area contributed by atoms with Crippen LogP contribution in [0.15, 0.2) is 29.1 Å². The van der Waals surface area contributed by atoms with Crippen LogP contribution in [0.1, 0.15) is 40.5 Å². The van der Waals surface area contributed by atoms with E-state index in [1.54, 1.807) is 9.13 Å². The van der Waals surface area contributed by atoms with Gasteiger partial charge in [-0.3, -0.25) is 13.9 Å². The van der Waals surface area contributed by atoms with Crippen LogP contribution in [-0.4, -0.2) is 21.1 Å². The second kappa shape index (κ2) is 7.49. The molecule has 0 bridgehead atoms. The smallest absolute Gasteiger partial charge is 0.329 e. The highest BCUT2D eigenvalue weighted by Crippen LogP contribution is 2.13. The van der Waals surface area contributed by atoms with Crippen LogP contribution < -0.4 is 11.0 Å². The Morgan fingerprint density at radius 2 is 1.65 bits per heavy atom. The van der Waals surface area contributed by atoms with E-state index in [1.807, 2.05) is 31.2 Å². The van der Waals surface area contributed by atoms with Crippen LogP contribution in [0.25, 0.3) is 11.0 Å². The lowest BCUT2D eigenvalue weighted by atomic mass is 10.1. The minimum absolute atomic E-state index is 0.00887. The van der Waals surface area contributed by atoms with Crippen LogP contribution in [0.3, 0.4) is 0 Å². The number of carbonyl (C=O) groups excluding carboxylic acids is 1. The standard InChI is InChI=1S/C18H27N3O2/c1-5-11-20-15-8-6-7-9-16(15)21(18(20)23)12-10-17(22)19-14(4)13(2)3/h6-9,13-14H,5,10-12H2,1-4H3,(H,19,22). The van der Waals surface area contributed by atoms with E-state index in [0.29, 0.717) is 25.4 Å². The van der Waals surface area contributed by atoms with E-state index in [1.165, 1.54) is 0 Å². The Morgan fingerprint density at radius 3 is 2.17 bits per heavy atom. The Labute approximate surface area is 137 Å². The van der Waals surface area contributed by atoms with Crippen LogP contribution in [-0.2, 0) is 17.9 Å². The Bertz CT molecular complexity index is 727. The summed E-state index contributed by atoms with van der Waals surface area (Å²) in [7, 11) is 0. The Hall–Kier alpha value is -2.04. The van der Waals surface area contributed by atoms with Gasteiger partial charge in [0.1, 0.15) is 0 Å². The fraction of sp³-hybridized carbons (Fsp3) is 0.556. The Kier molecular flexibility index (Phi) is 5.64. The first-order valence-corrected chi connectivity index (χ1v) is 8.43. The maximum Gasteiger partial charge on any atom is 0.329 e. The van der Waals surface area contributed by atoms with Crippen molar-refractivity contribution in [1.82, 2.24) is 14.5 Å². The number of nitrogens with one attached hydrogen (secondary N) is 1.